The van der Waals surface area contributed by atoms with Crippen molar-refractivity contribution in [3.63, 3.8) is 0 Å². The number of piperidine rings is 1. The molecule has 2 heterocycles. The largest absolute Gasteiger partial charge is 0.480 e. The van der Waals surface area contributed by atoms with Gasteiger partial charge in [0.05, 0.1) is 7.11 Å². The number of aromatic nitrogens is 3. The molecule has 20 heavy (non-hydrogen) atoms. The summed E-state index contributed by atoms with van der Waals surface area (Å²) in [7, 11) is 1.42. The van der Waals surface area contributed by atoms with Crippen LogP contribution in [0.2, 0.25) is 5.28 Å². The Kier molecular flexibility index (Phi) is 4.59. The van der Waals surface area contributed by atoms with Crippen LogP contribution in [-0.2, 0) is 4.79 Å². The van der Waals surface area contributed by atoms with Gasteiger partial charge in [0.2, 0.25) is 11.2 Å². The zero-order chi connectivity index (χ0) is 14.7. The summed E-state index contributed by atoms with van der Waals surface area (Å²) in [6.07, 6.45) is 2.46. The first kappa shape index (κ1) is 14.8. The fourth-order valence-electron chi connectivity index (χ4n) is 2.42. The highest BCUT2D eigenvalue weighted by atomic mass is 35.5. The molecule has 1 aliphatic rings. The van der Waals surface area contributed by atoms with Crippen LogP contribution in [0.5, 0.6) is 6.01 Å². The second-order valence-electron chi connectivity index (χ2n) is 4.74. The van der Waals surface area contributed by atoms with Gasteiger partial charge in [0.25, 0.3) is 0 Å². The lowest BCUT2D eigenvalue weighted by molar-refractivity contribution is -0.139. The normalized spacial score (nSPS) is 22.6. The Morgan fingerprint density at radius 2 is 2.25 bits per heavy atom. The second-order valence-corrected chi connectivity index (χ2v) is 5.08. The van der Waals surface area contributed by atoms with Gasteiger partial charge >= 0.3 is 12.0 Å². The number of ether oxygens (including phenoxy) is 1. The van der Waals surface area contributed by atoms with E-state index in [0.29, 0.717) is 18.9 Å². The van der Waals surface area contributed by atoms with Crippen LogP contribution in [0.25, 0.3) is 0 Å². The summed E-state index contributed by atoms with van der Waals surface area (Å²) in [6.45, 7) is 2.65. The van der Waals surface area contributed by atoms with Crippen molar-refractivity contribution in [3.05, 3.63) is 5.28 Å². The molecule has 1 aliphatic heterocycles. The number of anilines is 1. The van der Waals surface area contributed by atoms with Crippen LogP contribution in [0.4, 0.5) is 5.95 Å². The Labute approximate surface area is 122 Å². The van der Waals surface area contributed by atoms with Gasteiger partial charge in [-0.3, -0.25) is 0 Å². The molecule has 0 spiro atoms. The van der Waals surface area contributed by atoms with Crippen LogP contribution in [0.15, 0.2) is 0 Å². The van der Waals surface area contributed by atoms with Gasteiger partial charge in [0.15, 0.2) is 0 Å². The van der Waals surface area contributed by atoms with Crippen molar-refractivity contribution in [2.24, 2.45) is 5.92 Å². The number of hydrogen-bond donors (Lipinski definition) is 1. The van der Waals surface area contributed by atoms with Crippen LogP contribution in [-0.4, -0.2) is 45.7 Å². The zero-order valence-corrected chi connectivity index (χ0v) is 12.2. The molecular formula is C12H17ClN4O3. The van der Waals surface area contributed by atoms with E-state index >= 15 is 0 Å². The fourth-order valence-corrected chi connectivity index (χ4v) is 2.57. The smallest absolute Gasteiger partial charge is 0.326 e. The Morgan fingerprint density at radius 3 is 2.85 bits per heavy atom. The fraction of sp³-hybridized carbons (Fsp3) is 0.667. The number of carboxylic acid groups (broad SMARTS) is 1. The predicted molar refractivity (Wildman–Crippen MR) is 73.2 cm³/mol. The Hall–Kier alpha value is -1.63. The van der Waals surface area contributed by atoms with Gasteiger partial charge in [0.1, 0.15) is 6.04 Å². The minimum absolute atomic E-state index is 0.00592. The molecule has 2 unspecified atom stereocenters. The third-order valence-corrected chi connectivity index (χ3v) is 3.76. The highest BCUT2D eigenvalue weighted by Crippen LogP contribution is 2.29. The van der Waals surface area contributed by atoms with Crippen molar-refractivity contribution in [2.75, 3.05) is 18.6 Å². The van der Waals surface area contributed by atoms with E-state index in [1.165, 1.54) is 7.11 Å². The minimum atomic E-state index is -0.876. The molecule has 1 N–H and O–H groups in total. The van der Waals surface area contributed by atoms with E-state index in [2.05, 4.69) is 21.9 Å². The number of hydrogen-bond acceptors (Lipinski definition) is 6. The molecule has 2 rings (SSSR count). The summed E-state index contributed by atoms with van der Waals surface area (Å²) in [5, 5.41) is 9.40. The number of carboxylic acids is 1. The zero-order valence-electron chi connectivity index (χ0n) is 11.4. The summed E-state index contributed by atoms with van der Waals surface area (Å²) < 4.78 is 4.94. The molecule has 1 aromatic heterocycles. The summed E-state index contributed by atoms with van der Waals surface area (Å²) in [5.74, 6) is -0.214. The Morgan fingerprint density at radius 1 is 1.50 bits per heavy atom. The lowest BCUT2D eigenvalue weighted by atomic mass is 9.89. The number of carbonyl (C=O) groups is 1. The first-order valence-corrected chi connectivity index (χ1v) is 6.88. The Balaban J connectivity index is 2.30. The Bertz CT molecular complexity index is 500. The molecule has 2 atom stereocenters. The molecule has 0 radical (unpaired) electrons. The van der Waals surface area contributed by atoms with Crippen molar-refractivity contribution in [3.8, 4) is 6.01 Å². The van der Waals surface area contributed by atoms with Gasteiger partial charge in [-0.2, -0.15) is 15.0 Å². The molecule has 1 fully saturated rings. The minimum Gasteiger partial charge on any atom is -0.480 e. The lowest BCUT2D eigenvalue weighted by Gasteiger charge is -2.36. The van der Waals surface area contributed by atoms with Crippen LogP contribution in [0.1, 0.15) is 26.2 Å². The molecule has 1 saturated heterocycles. The van der Waals surface area contributed by atoms with E-state index in [1.807, 2.05) is 0 Å². The van der Waals surface area contributed by atoms with Gasteiger partial charge in [-0.1, -0.05) is 13.3 Å². The SMILES string of the molecule is CCC1CCN(c2nc(Cl)nc(OC)n2)C(C(=O)O)C1. The van der Waals surface area contributed by atoms with Gasteiger partial charge in [-0.25, -0.2) is 4.79 Å². The highest BCUT2D eigenvalue weighted by molar-refractivity contribution is 6.28. The maximum atomic E-state index is 11.5. The standard InChI is InChI=1S/C12H17ClN4O3/c1-3-7-4-5-17(8(6-7)9(18)19)11-14-10(13)15-12(16-11)20-2/h7-8H,3-6H2,1-2H3,(H,18,19). The van der Waals surface area contributed by atoms with E-state index in [-0.39, 0.29) is 17.2 Å². The van der Waals surface area contributed by atoms with E-state index in [1.54, 1.807) is 4.90 Å². The van der Waals surface area contributed by atoms with Gasteiger partial charge in [0, 0.05) is 6.54 Å². The quantitative estimate of drug-likeness (QED) is 0.903. The number of halogens is 1. The van der Waals surface area contributed by atoms with Crippen LogP contribution >= 0.6 is 11.6 Å². The van der Waals surface area contributed by atoms with E-state index in [4.69, 9.17) is 16.3 Å². The van der Waals surface area contributed by atoms with Crippen LogP contribution in [0.3, 0.4) is 0 Å². The highest BCUT2D eigenvalue weighted by Gasteiger charge is 2.34. The summed E-state index contributed by atoms with van der Waals surface area (Å²) in [5.41, 5.74) is 0. The van der Waals surface area contributed by atoms with Gasteiger partial charge in [-0.15, -0.1) is 0 Å². The summed E-state index contributed by atoms with van der Waals surface area (Å²) in [4.78, 5) is 25.0. The number of nitrogens with zero attached hydrogens (tertiary/aromatic N) is 4. The second kappa shape index (κ2) is 6.21. The predicted octanol–water partition coefficient (Wildman–Crippen LogP) is 1.61. The van der Waals surface area contributed by atoms with E-state index in [9.17, 15) is 9.90 Å². The molecule has 0 aromatic carbocycles. The molecule has 8 heteroatoms. The maximum absolute atomic E-state index is 11.5. The molecule has 0 saturated carbocycles. The third kappa shape index (κ3) is 3.09. The van der Waals surface area contributed by atoms with Crippen molar-refractivity contribution < 1.29 is 14.6 Å². The van der Waals surface area contributed by atoms with Crippen molar-refractivity contribution in [1.82, 2.24) is 15.0 Å². The number of rotatable bonds is 4. The lowest BCUT2D eigenvalue weighted by Crippen LogP contribution is -2.48. The van der Waals surface area contributed by atoms with E-state index < -0.39 is 12.0 Å². The number of methoxy groups -OCH3 is 1. The first-order chi connectivity index (χ1) is 9.55. The molecule has 0 aliphatic carbocycles. The monoisotopic (exact) mass is 300 g/mol. The van der Waals surface area contributed by atoms with Crippen molar-refractivity contribution in [1.29, 1.82) is 0 Å². The van der Waals surface area contributed by atoms with Gasteiger partial charge < -0.3 is 14.7 Å². The maximum Gasteiger partial charge on any atom is 0.326 e. The molecule has 0 amide bonds. The van der Waals surface area contributed by atoms with Crippen LogP contribution < -0.4 is 9.64 Å². The average molecular weight is 301 g/mol. The number of aliphatic carboxylic acids is 1. The summed E-state index contributed by atoms with van der Waals surface area (Å²) in [6, 6.07) is -0.557. The molecular weight excluding hydrogens is 284 g/mol. The molecule has 110 valence electrons. The topological polar surface area (TPSA) is 88.4 Å². The molecule has 1 aromatic rings. The van der Waals surface area contributed by atoms with Crippen molar-refractivity contribution >= 4 is 23.5 Å². The van der Waals surface area contributed by atoms with Gasteiger partial charge in [-0.05, 0) is 30.4 Å². The summed E-state index contributed by atoms with van der Waals surface area (Å²) >= 11 is 5.81. The first-order valence-electron chi connectivity index (χ1n) is 6.50. The van der Waals surface area contributed by atoms with Crippen LogP contribution in [0, 0.1) is 5.92 Å². The van der Waals surface area contributed by atoms with Crippen molar-refractivity contribution in [2.45, 2.75) is 32.2 Å². The molecule has 7 nitrogen and oxygen atoms in total. The average Bonchev–Trinajstić information content (AvgIpc) is 2.45. The molecule has 0 bridgehead atoms. The van der Waals surface area contributed by atoms with E-state index in [0.717, 1.165) is 12.8 Å². The third-order valence-electron chi connectivity index (χ3n) is 3.59.